The highest BCUT2D eigenvalue weighted by Gasteiger charge is 2.18. The van der Waals surface area contributed by atoms with Crippen LogP contribution in [0.3, 0.4) is 0 Å². The van der Waals surface area contributed by atoms with Gasteiger partial charge in [0.15, 0.2) is 0 Å². The lowest BCUT2D eigenvalue weighted by molar-refractivity contribution is 0.596. The molecule has 2 rings (SSSR count). The fraction of sp³-hybridized carbons (Fsp3) is 0.286. The first-order valence-electron chi connectivity index (χ1n) is 5.93. The van der Waals surface area contributed by atoms with E-state index in [4.69, 9.17) is 0 Å². The van der Waals surface area contributed by atoms with Crippen LogP contribution in [-0.2, 0) is 0 Å². The lowest BCUT2D eigenvalue weighted by Crippen LogP contribution is -2.23. The van der Waals surface area contributed by atoms with Gasteiger partial charge < -0.3 is 5.32 Å². The first-order chi connectivity index (χ1) is 8.74. The largest absolute Gasteiger partial charge is 0.306 e. The van der Waals surface area contributed by atoms with Crippen molar-refractivity contribution in [1.82, 2.24) is 5.32 Å². The second-order valence-electron chi connectivity index (χ2n) is 4.08. The van der Waals surface area contributed by atoms with Gasteiger partial charge in [-0.2, -0.15) is 11.3 Å². The molecule has 1 aromatic carbocycles. The highest BCUT2D eigenvalue weighted by atomic mass is 127. The molecular formula is C14H15BrINS. The van der Waals surface area contributed by atoms with E-state index in [1.165, 1.54) is 19.2 Å². The van der Waals surface area contributed by atoms with E-state index in [2.05, 4.69) is 85.8 Å². The van der Waals surface area contributed by atoms with Crippen molar-refractivity contribution in [1.29, 1.82) is 0 Å². The van der Waals surface area contributed by atoms with Gasteiger partial charge in [0.05, 0.1) is 6.04 Å². The minimum Gasteiger partial charge on any atom is -0.306 e. The number of nitrogens with one attached hydrogen (secondary N) is 1. The van der Waals surface area contributed by atoms with Crippen molar-refractivity contribution >= 4 is 49.9 Å². The van der Waals surface area contributed by atoms with E-state index in [1.807, 2.05) is 0 Å². The standard InChI is InChI=1S/C14H15BrINS/c1-2-7-17-14(11-8-18-9-12(11)15)10-5-3-4-6-13(10)16/h3-6,8-9,14,17H,2,7H2,1H3. The van der Waals surface area contributed by atoms with Crippen LogP contribution in [0.25, 0.3) is 0 Å². The summed E-state index contributed by atoms with van der Waals surface area (Å²) >= 11 is 7.80. The molecule has 0 saturated heterocycles. The predicted octanol–water partition coefficient (Wildman–Crippen LogP) is 5.20. The highest BCUT2D eigenvalue weighted by Crippen LogP contribution is 2.33. The topological polar surface area (TPSA) is 12.0 Å². The number of hydrogen-bond donors (Lipinski definition) is 1. The summed E-state index contributed by atoms with van der Waals surface area (Å²) in [6, 6.07) is 8.85. The van der Waals surface area contributed by atoms with E-state index in [9.17, 15) is 0 Å². The first kappa shape index (κ1) is 14.5. The molecule has 0 spiro atoms. The summed E-state index contributed by atoms with van der Waals surface area (Å²) in [6.07, 6.45) is 1.14. The Balaban J connectivity index is 2.37. The minimum absolute atomic E-state index is 0.277. The van der Waals surface area contributed by atoms with Crippen LogP contribution in [0, 0.1) is 3.57 Å². The van der Waals surface area contributed by atoms with E-state index in [0.29, 0.717) is 0 Å². The Hall–Kier alpha value is 0.0900. The molecule has 1 aromatic heterocycles. The fourth-order valence-electron chi connectivity index (χ4n) is 1.88. The smallest absolute Gasteiger partial charge is 0.0606 e. The molecule has 96 valence electrons. The molecule has 1 unspecified atom stereocenters. The van der Waals surface area contributed by atoms with E-state index >= 15 is 0 Å². The third-order valence-electron chi connectivity index (χ3n) is 2.77. The minimum atomic E-state index is 0.277. The Morgan fingerprint density at radius 1 is 1.28 bits per heavy atom. The van der Waals surface area contributed by atoms with Gasteiger partial charge in [-0.25, -0.2) is 0 Å². The summed E-state index contributed by atoms with van der Waals surface area (Å²) in [4.78, 5) is 0. The van der Waals surface area contributed by atoms with Gasteiger partial charge in [0, 0.05) is 13.4 Å². The third-order valence-corrected chi connectivity index (χ3v) is 5.50. The molecule has 0 radical (unpaired) electrons. The van der Waals surface area contributed by atoms with Gasteiger partial charge in [0.25, 0.3) is 0 Å². The van der Waals surface area contributed by atoms with Crippen molar-refractivity contribution in [2.24, 2.45) is 0 Å². The van der Waals surface area contributed by atoms with Crippen LogP contribution in [0.2, 0.25) is 0 Å². The van der Waals surface area contributed by atoms with E-state index in [1.54, 1.807) is 11.3 Å². The zero-order valence-corrected chi connectivity index (χ0v) is 14.7. The zero-order chi connectivity index (χ0) is 13.0. The van der Waals surface area contributed by atoms with Crippen LogP contribution in [0.4, 0.5) is 0 Å². The molecule has 2 aromatic rings. The Bertz CT molecular complexity index is 512. The zero-order valence-electron chi connectivity index (χ0n) is 10.1. The van der Waals surface area contributed by atoms with Gasteiger partial charge in [-0.1, -0.05) is 25.1 Å². The molecule has 0 saturated carbocycles. The molecule has 0 aliphatic carbocycles. The van der Waals surface area contributed by atoms with E-state index < -0.39 is 0 Å². The lowest BCUT2D eigenvalue weighted by Gasteiger charge is -2.20. The third kappa shape index (κ3) is 3.35. The van der Waals surface area contributed by atoms with Crippen molar-refractivity contribution in [2.45, 2.75) is 19.4 Å². The molecule has 0 amide bonds. The Labute approximate surface area is 134 Å². The molecule has 1 N–H and O–H groups in total. The normalized spacial score (nSPS) is 12.6. The van der Waals surface area contributed by atoms with Crippen LogP contribution in [0.15, 0.2) is 39.5 Å². The second-order valence-corrected chi connectivity index (χ2v) is 6.84. The van der Waals surface area contributed by atoms with Crippen LogP contribution in [-0.4, -0.2) is 6.54 Å². The van der Waals surface area contributed by atoms with Crippen LogP contribution in [0.1, 0.15) is 30.5 Å². The van der Waals surface area contributed by atoms with Gasteiger partial charge in [-0.05, 0) is 74.1 Å². The Kier molecular flexibility index (Phi) is 5.66. The summed E-state index contributed by atoms with van der Waals surface area (Å²) in [7, 11) is 0. The average Bonchev–Trinajstić information content (AvgIpc) is 2.78. The van der Waals surface area contributed by atoms with Crippen molar-refractivity contribution in [3.8, 4) is 0 Å². The van der Waals surface area contributed by atoms with Crippen LogP contribution in [0.5, 0.6) is 0 Å². The molecule has 1 atom stereocenters. The molecule has 0 fully saturated rings. The number of thiophene rings is 1. The van der Waals surface area contributed by atoms with Crippen molar-refractivity contribution in [3.63, 3.8) is 0 Å². The van der Waals surface area contributed by atoms with Gasteiger partial charge in [-0.15, -0.1) is 0 Å². The summed E-state index contributed by atoms with van der Waals surface area (Å²) in [6.45, 7) is 3.22. The van der Waals surface area contributed by atoms with Crippen LogP contribution < -0.4 is 5.32 Å². The highest BCUT2D eigenvalue weighted by molar-refractivity contribution is 14.1. The number of rotatable bonds is 5. The maximum atomic E-state index is 3.65. The van der Waals surface area contributed by atoms with Gasteiger partial charge in [0.2, 0.25) is 0 Å². The van der Waals surface area contributed by atoms with Crippen molar-refractivity contribution in [2.75, 3.05) is 6.54 Å². The molecular weight excluding hydrogens is 421 g/mol. The average molecular weight is 436 g/mol. The summed E-state index contributed by atoms with van der Waals surface area (Å²) in [5, 5.41) is 8.01. The Morgan fingerprint density at radius 2 is 2.06 bits per heavy atom. The molecule has 4 heteroatoms. The molecule has 0 aliphatic rings. The number of hydrogen-bond acceptors (Lipinski definition) is 2. The Morgan fingerprint density at radius 3 is 2.67 bits per heavy atom. The molecule has 1 nitrogen and oxygen atoms in total. The summed E-state index contributed by atoms with van der Waals surface area (Å²) in [5.74, 6) is 0. The maximum absolute atomic E-state index is 3.65. The summed E-state index contributed by atoms with van der Waals surface area (Å²) < 4.78 is 2.50. The second kappa shape index (κ2) is 7.03. The van der Waals surface area contributed by atoms with Gasteiger partial charge in [0.1, 0.15) is 0 Å². The first-order valence-corrected chi connectivity index (χ1v) is 8.75. The van der Waals surface area contributed by atoms with E-state index in [-0.39, 0.29) is 6.04 Å². The molecule has 0 bridgehead atoms. The van der Waals surface area contributed by atoms with Crippen molar-refractivity contribution < 1.29 is 0 Å². The van der Waals surface area contributed by atoms with E-state index in [0.717, 1.165) is 13.0 Å². The van der Waals surface area contributed by atoms with Gasteiger partial charge in [-0.3, -0.25) is 0 Å². The lowest BCUT2D eigenvalue weighted by atomic mass is 10.0. The summed E-state index contributed by atoms with van der Waals surface area (Å²) in [5.41, 5.74) is 2.68. The molecule has 1 heterocycles. The molecule has 0 aliphatic heterocycles. The SMILES string of the molecule is CCCNC(c1cscc1Br)c1ccccc1I. The quantitative estimate of drug-likeness (QED) is 0.636. The number of benzene rings is 1. The predicted molar refractivity (Wildman–Crippen MR) is 91.3 cm³/mol. The van der Waals surface area contributed by atoms with Crippen molar-refractivity contribution in [3.05, 3.63) is 54.2 Å². The van der Waals surface area contributed by atoms with Crippen LogP contribution >= 0.6 is 49.9 Å². The maximum Gasteiger partial charge on any atom is 0.0606 e. The monoisotopic (exact) mass is 435 g/mol. The van der Waals surface area contributed by atoms with Gasteiger partial charge >= 0.3 is 0 Å². The fourth-order valence-corrected chi connectivity index (χ4v) is 4.13. The number of halogens is 2. The molecule has 18 heavy (non-hydrogen) atoms.